The summed E-state index contributed by atoms with van der Waals surface area (Å²) in [5.74, 6) is 1.02. The highest BCUT2D eigenvalue weighted by Crippen LogP contribution is 2.32. The van der Waals surface area contributed by atoms with Crippen LogP contribution in [0.1, 0.15) is 27.2 Å². The van der Waals surface area contributed by atoms with Crippen molar-refractivity contribution in [1.82, 2.24) is 9.97 Å². The van der Waals surface area contributed by atoms with Gasteiger partial charge in [-0.15, -0.1) is 0 Å². The lowest BCUT2D eigenvalue weighted by Gasteiger charge is -2.28. The number of amides is 1. The molecule has 0 saturated carbocycles. The lowest BCUT2D eigenvalue weighted by Crippen LogP contribution is -2.37. The second-order valence-electron chi connectivity index (χ2n) is 6.84. The molecule has 7 nitrogen and oxygen atoms in total. The van der Waals surface area contributed by atoms with Gasteiger partial charge in [-0.05, 0) is 44.0 Å². The summed E-state index contributed by atoms with van der Waals surface area (Å²) in [5, 5.41) is 3.64. The summed E-state index contributed by atoms with van der Waals surface area (Å²) in [7, 11) is 0. The summed E-state index contributed by atoms with van der Waals surface area (Å²) in [6.07, 6.45) is 1.47. The third-order valence-corrected chi connectivity index (χ3v) is 4.66. The fourth-order valence-electron chi connectivity index (χ4n) is 3.56. The van der Waals surface area contributed by atoms with Crippen molar-refractivity contribution < 1.29 is 13.9 Å². The number of nitrogens with zero attached hydrogens (tertiary/aromatic N) is 3. The predicted molar refractivity (Wildman–Crippen MR) is 103 cm³/mol. The van der Waals surface area contributed by atoms with Crippen molar-refractivity contribution in [2.24, 2.45) is 0 Å². The number of rotatable bonds is 3. The van der Waals surface area contributed by atoms with E-state index in [1.165, 1.54) is 6.33 Å². The van der Waals surface area contributed by atoms with Crippen molar-refractivity contribution in [3.8, 4) is 0 Å². The molecule has 3 aromatic rings. The first-order valence-corrected chi connectivity index (χ1v) is 8.99. The van der Waals surface area contributed by atoms with E-state index in [0.717, 1.165) is 16.8 Å². The zero-order chi connectivity index (χ0) is 19.0. The van der Waals surface area contributed by atoms with Crippen molar-refractivity contribution in [2.75, 3.05) is 36.5 Å². The summed E-state index contributed by atoms with van der Waals surface area (Å²) in [4.78, 5) is 23.9. The van der Waals surface area contributed by atoms with Crippen molar-refractivity contribution in [1.29, 1.82) is 0 Å². The van der Waals surface area contributed by atoms with Gasteiger partial charge in [0.15, 0.2) is 0 Å². The van der Waals surface area contributed by atoms with Crippen molar-refractivity contribution >= 4 is 28.5 Å². The van der Waals surface area contributed by atoms with Crippen molar-refractivity contribution in [2.45, 2.75) is 20.8 Å². The number of morpholine rings is 1. The molecule has 0 radical (unpaired) electrons. The van der Waals surface area contributed by atoms with Gasteiger partial charge in [0.05, 0.1) is 24.2 Å². The van der Waals surface area contributed by atoms with Crippen LogP contribution in [0, 0.1) is 20.8 Å². The topological polar surface area (TPSA) is 80.5 Å². The van der Waals surface area contributed by atoms with Gasteiger partial charge in [-0.1, -0.05) is 6.07 Å². The molecule has 4 rings (SSSR count). The first-order valence-electron chi connectivity index (χ1n) is 8.99. The minimum Gasteiger partial charge on any atom is -0.442 e. The fourth-order valence-corrected chi connectivity index (χ4v) is 3.56. The molecular formula is C20H22N4O3. The smallest absolute Gasteiger partial charge is 0.260 e. The van der Waals surface area contributed by atoms with Crippen LogP contribution >= 0.6 is 0 Å². The lowest BCUT2D eigenvalue weighted by atomic mass is 10.1. The van der Waals surface area contributed by atoms with Crippen molar-refractivity contribution in [3.63, 3.8) is 0 Å². The number of ether oxygens (including phenoxy) is 1. The van der Waals surface area contributed by atoms with E-state index < -0.39 is 0 Å². The number of fused-ring (bicyclic) bond motifs is 1. The molecule has 1 fully saturated rings. The Hall–Kier alpha value is -2.93. The molecule has 1 amide bonds. The van der Waals surface area contributed by atoms with Gasteiger partial charge in [0.1, 0.15) is 17.9 Å². The predicted octanol–water partition coefficient (Wildman–Crippen LogP) is 3.24. The van der Waals surface area contributed by atoms with E-state index in [9.17, 15) is 4.79 Å². The molecule has 0 unspecified atom stereocenters. The highest BCUT2D eigenvalue weighted by molar-refractivity contribution is 6.15. The molecule has 1 N–H and O–H groups in total. The number of nitrogens with one attached hydrogen (secondary N) is 1. The van der Waals surface area contributed by atoms with Crippen LogP contribution in [-0.4, -0.2) is 42.2 Å². The van der Waals surface area contributed by atoms with E-state index in [1.807, 2.05) is 26.0 Å². The summed E-state index contributed by atoms with van der Waals surface area (Å²) in [6.45, 7) is 8.49. The quantitative estimate of drug-likeness (QED) is 0.766. The third-order valence-electron chi connectivity index (χ3n) is 4.66. The average Bonchev–Trinajstić information content (AvgIpc) is 2.97. The Morgan fingerprint density at radius 2 is 1.78 bits per heavy atom. The van der Waals surface area contributed by atoms with Gasteiger partial charge in [0.2, 0.25) is 5.71 Å². The zero-order valence-corrected chi connectivity index (χ0v) is 15.7. The van der Waals surface area contributed by atoms with E-state index in [-0.39, 0.29) is 5.91 Å². The first kappa shape index (κ1) is 17.5. The zero-order valence-electron chi connectivity index (χ0n) is 15.7. The normalized spacial score (nSPS) is 14.6. The van der Waals surface area contributed by atoms with E-state index >= 15 is 0 Å². The first-order chi connectivity index (χ1) is 13.0. The van der Waals surface area contributed by atoms with Crippen LogP contribution in [0.5, 0.6) is 0 Å². The van der Waals surface area contributed by atoms with Gasteiger partial charge in [0.25, 0.3) is 5.91 Å². The van der Waals surface area contributed by atoms with Gasteiger partial charge in [0, 0.05) is 18.8 Å². The van der Waals surface area contributed by atoms with E-state index in [2.05, 4.69) is 26.3 Å². The molecular weight excluding hydrogens is 344 g/mol. The summed E-state index contributed by atoms with van der Waals surface area (Å²) in [5.41, 5.74) is 3.85. The Morgan fingerprint density at radius 1 is 1.07 bits per heavy atom. The van der Waals surface area contributed by atoms with Crippen molar-refractivity contribution in [3.05, 3.63) is 47.0 Å². The monoisotopic (exact) mass is 366 g/mol. The maximum Gasteiger partial charge on any atom is 0.260 e. The Morgan fingerprint density at radius 3 is 2.48 bits per heavy atom. The van der Waals surface area contributed by atoms with Gasteiger partial charge in [-0.25, -0.2) is 9.97 Å². The van der Waals surface area contributed by atoms with Crippen LogP contribution in [0.4, 0.5) is 11.5 Å². The number of hydrogen-bond donors (Lipinski definition) is 1. The van der Waals surface area contributed by atoms with Gasteiger partial charge in [-0.3, -0.25) is 4.79 Å². The van der Waals surface area contributed by atoms with E-state index in [0.29, 0.717) is 54.5 Å². The second kappa shape index (κ2) is 7.00. The second-order valence-corrected chi connectivity index (χ2v) is 6.84. The molecule has 1 aliphatic rings. The third kappa shape index (κ3) is 3.38. The SMILES string of the molecule is Cc1cc(C)cc(NC(=O)c2c(C)oc3ncnc(N4CCOCC4)c23)c1. The Bertz CT molecular complexity index is 986. The van der Waals surface area contributed by atoms with Gasteiger partial charge in [-0.2, -0.15) is 0 Å². The molecule has 2 aromatic heterocycles. The minimum absolute atomic E-state index is 0.222. The summed E-state index contributed by atoms with van der Waals surface area (Å²) >= 11 is 0. The lowest BCUT2D eigenvalue weighted by molar-refractivity contribution is 0.102. The highest BCUT2D eigenvalue weighted by Gasteiger charge is 2.26. The van der Waals surface area contributed by atoms with Gasteiger partial charge >= 0.3 is 0 Å². The molecule has 1 aromatic carbocycles. The minimum atomic E-state index is -0.222. The number of furan rings is 1. The van der Waals surface area contributed by atoms with E-state index in [4.69, 9.17) is 9.15 Å². The van der Waals surface area contributed by atoms with Crippen LogP contribution in [0.15, 0.2) is 28.9 Å². The number of hydrogen-bond acceptors (Lipinski definition) is 6. The van der Waals surface area contributed by atoms with Crippen LogP contribution in [0.2, 0.25) is 0 Å². The molecule has 1 aliphatic heterocycles. The molecule has 3 heterocycles. The molecule has 140 valence electrons. The number of aryl methyl sites for hydroxylation is 3. The fraction of sp³-hybridized carbons (Fsp3) is 0.350. The molecule has 1 saturated heterocycles. The standard InChI is InChI=1S/C20H22N4O3/c1-12-8-13(2)10-15(9-12)23-19(25)16-14(3)27-20-17(16)18(21-11-22-20)24-4-6-26-7-5-24/h8-11H,4-7H2,1-3H3,(H,23,25). The largest absolute Gasteiger partial charge is 0.442 e. The Kier molecular flexibility index (Phi) is 4.53. The number of aromatic nitrogens is 2. The van der Waals surface area contributed by atoms with Crippen LogP contribution in [-0.2, 0) is 4.74 Å². The number of anilines is 2. The maximum atomic E-state index is 13.1. The van der Waals surface area contributed by atoms with Crippen LogP contribution in [0.25, 0.3) is 11.1 Å². The van der Waals surface area contributed by atoms with Crippen LogP contribution in [0.3, 0.4) is 0 Å². The summed E-state index contributed by atoms with van der Waals surface area (Å²) < 4.78 is 11.2. The molecule has 0 bridgehead atoms. The average molecular weight is 366 g/mol. The van der Waals surface area contributed by atoms with Gasteiger partial charge < -0.3 is 19.4 Å². The molecule has 0 atom stereocenters. The Balaban J connectivity index is 1.76. The molecule has 0 spiro atoms. The summed E-state index contributed by atoms with van der Waals surface area (Å²) in [6, 6.07) is 5.96. The maximum absolute atomic E-state index is 13.1. The number of carbonyl (C=O) groups is 1. The molecule has 0 aliphatic carbocycles. The van der Waals surface area contributed by atoms with E-state index in [1.54, 1.807) is 6.92 Å². The molecule has 27 heavy (non-hydrogen) atoms. The highest BCUT2D eigenvalue weighted by atomic mass is 16.5. The molecule has 7 heteroatoms. The number of benzene rings is 1. The Labute approximate surface area is 157 Å². The number of carbonyl (C=O) groups excluding carboxylic acids is 1. The van der Waals surface area contributed by atoms with Crippen LogP contribution < -0.4 is 10.2 Å².